The Morgan fingerprint density at radius 3 is 2.50 bits per heavy atom. The number of nitrogens with two attached hydrogens (primary N) is 1. The Morgan fingerprint density at radius 1 is 1.14 bits per heavy atom. The molecule has 2 aromatic carbocycles. The van der Waals surface area contributed by atoms with E-state index in [4.69, 9.17) is 5.73 Å². The first-order chi connectivity index (χ1) is 13.2. The Morgan fingerprint density at radius 2 is 1.82 bits per heavy atom. The molecule has 0 saturated heterocycles. The standard InChI is InChI=1S/C19H15BrFN3O4/c1-9-14(21)6-10(17(22)26)7-15(9)23-16(25)4-5-24-18(27)12-3-2-11(20)8-13(12)19(24)28/h2-3,6-8H,4-5H2,1H3,(H2,22,26)(H,23,25). The lowest BCUT2D eigenvalue weighted by molar-refractivity contribution is -0.116. The van der Waals surface area contributed by atoms with Gasteiger partial charge in [0.05, 0.1) is 11.1 Å². The maximum Gasteiger partial charge on any atom is 0.261 e. The molecular formula is C19H15BrFN3O4. The van der Waals surface area contributed by atoms with E-state index < -0.39 is 29.4 Å². The predicted octanol–water partition coefficient (Wildman–Crippen LogP) is 2.62. The van der Waals surface area contributed by atoms with Gasteiger partial charge in [0.1, 0.15) is 5.82 Å². The van der Waals surface area contributed by atoms with Crippen molar-refractivity contribution >= 4 is 45.2 Å². The number of benzene rings is 2. The minimum absolute atomic E-state index is 0.0793. The fourth-order valence-electron chi connectivity index (χ4n) is 2.84. The lowest BCUT2D eigenvalue weighted by atomic mass is 10.1. The van der Waals surface area contributed by atoms with E-state index in [0.717, 1.165) is 11.0 Å². The van der Waals surface area contributed by atoms with Gasteiger partial charge >= 0.3 is 0 Å². The van der Waals surface area contributed by atoms with Crippen molar-refractivity contribution in [1.29, 1.82) is 0 Å². The highest BCUT2D eigenvalue weighted by molar-refractivity contribution is 9.10. The van der Waals surface area contributed by atoms with Gasteiger partial charge in [-0.05, 0) is 37.3 Å². The Kier molecular flexibility index (Phi) is 5.28. The minimum Gasteiger partial charge on any atom is -0.366 e. The molecule has 0 radical (unpaired) electrons. The number of nitrogens with zero attached hydrogens (tertiary/aromatic N) is 1. The first-order valence-electron chi connectivity index (χ1n) is 8.24. The molecule has 7 nitrogen and oxygen atoms in total. The van der Waals surface area contributed by atoms with E-state index in [1.807, 2.05) is 0 Å². The number of amides is 4. The summed E-state index contributed by atoms with van der Waals surface area (Å²) in [6.45, 7) is 1.31. The van der Waals surface area contributed by atoms with Gasteiger partial charge in [0.15, 0.2) is 0 Å². The number of halogens is 2. The molecule has 1 aliphatic rings. The minimum atomic E-state index is -0.827. The third kappa shape index (κ3) is 3.65. The van der Waals surface area contributed by atoms with Gasteiger partial charge in [-0.15, -0.1) is 0 Å². The molecule has 1 heterocycles. The van der Waals surface area contributed by atoms with Gasteiger partial charge in [0.2, 0.25) is 11.8 Å². The molecule has 0 aliphatic carbocycles. The van der Waals surface area contributed by atoms with Crippen molar-refractivity contribution in [1.82, 2.24) is 4.90 Å². The summed E-state index contributed by atoms with van der Waals surface area (Å²) < 4.78 is 14.6. The number of nitrogens with one attached hydrogen (secondary N) is 1. The van der Waals surface area contributed by atoms with E-state index in [1.165, 1.54) is 13.0 Å². The van der Waals surface area contributed by atoms with Crippen molar-refractivity contribution in [2.45, 2.75) is 13.3 Å². The third-order valence-corrected chi connectivity index (χ3v) is 4.89. The number of hydrogen-bond donors (Lipinski definition) is 2. The molecule has 0 bridgehead atoms. The van der Waals surface area contributed by atoms with E-state index in [0.29, 0.717) is 4.47 Å². The summed E-state index contributed by atoms with van der Waals surface area (Å²) in [5, 5.41) is 2.49. The smallest absolute Gasteiger partial charge is 0.261 e. The first kappa shape index (κ1) is 19.7. The summed E-state index contributed by atoms with van der Waals surface area (Å²) in [6, 6.07) is 7.02. The SMILES string of the molecule is Cc1c(F)cc(C(N)=O)cc1NC(=O)CCN1C(=O)c2ccc(Br)cc2C1=O. The monoisotopic (exact) mass is 447 g/mol. The van der Waals surface area contributed by atoms with Crippen LogP contribution in [0.3, 0.4) is 0 Å². The lowest BCUT2D eigenvalue weighted by Gasteiger charge is -2.14. The van der Waals surface area contributed by atoms with Crippen molar-refractivity contribution in [3.63, 3.8) is 0 Å². The molecule has 0 spiro atoms. The number of carbonyl (C=O) groups is 4. The van der Waals surface area contributed by atoms with Gasteiger partial charge in [0.25, 0.3) is 11.8 Å². The van der Waals surface area contributed by atoms with Crippen LogP contribution in [0.5, 0.6) is 0 Å². The van der Waals surface area contributed by atoms with Crippen LogP contribution in [0.2, 0.25) is 0 Å². The van der Waals surface area contributed by atoms with Gasteiger partial charge in [-0.25, -0.2) is 4.39 Å². The summed E-state index contributed by atoms with van der Waals surface area (Å²) in [5.74, 6) is -3.00. The van der Waals surface area contributed by atoms with E-state index in [-0.39, 0.29) is 40.9 Å². The molecule has 3 N–H and O–H groups in total. The lowest BCUT2D eigenvalue weighted by Crippen LogP contribution is -2.33. The van der Waals surface area contributed by atoms with Gasteiger partial charge in [-0.2, -0.15) is 0 Å². The van der Waals surface area contributed by atoms with Gasteiger partial charge in [-0.3, -0.25) is 24.1 Å². The maximum absolute atomic E-state index is 13.9. The Labute approximate surface area is 167 Å². The third-order valence-electron chi connectivity index (χ3n) is 4.40. The van der Waals surface area contributed by atoms with Crippen molar-refractivity contribution in [2.75, 3.05) is 11.9 Å². The normalized spacial score (nSPS) is 12.9. The van der Waals surface area contributed by atoms with Crippen molar-refractivity contribution < 1.29 is 23.6 Å². The zero-order chi connectivity index (χ0) is 20.6. The molecule has 0 atom stereocenters. The Hall–Kier alpha value is -3.07. The van der Waals surface area contributed by atoms with Crippen molar-refractivity contribution in [3.8, 4) is 0 Å². The quantitative estimate of drug-likeness (QED) is 0.686. The van der Waals surface area contributed by atoms with E-state index in [9.17, 15) is 23.6 Å². The average molecular weight is 448 g/mol. The average Bonchev–Trinajstić information content (AvgIpc) is 2.87. The van der Waals surface area contributed by atoms with E-state index >= 15 is 0 Å². The van der Waals surface area contributed by atoms with Crippen LogP contribution in [0.15, 0.2) is 34.8 Å². The van der Waals surface area contributed by atoms with Crippen molar-refractivity contribution in [2.24, 2.45) is 5.73 Å². The number of carbonyl (C=O) groups excluding carboxylic acids is 4. The molecule has 0 aromatic heterocycles. The summed E-state index contributed by atoms with van der Waals surface area (Å²) in [4.78, 5) is 49.3. The van der Waals surface area contributed by atoms with Crippen LogP contribution in [0.4, 0.5) is 10.1 Å². The topological polar surface area (TPSA) is 110 Å². The fourth-order valence-corrected chi connectivity index (χ4v) is 3.20. The van der Waals surface area contributed by atoms with Gasteiger partial charge in [0, 0.05) is 34.3 Å². The highest BCUT2D eigenvalue weighted by Crippen LogP contribution is 2.26. The molecular weight excluding hydrogens is 433 g/mol. The van der Waals surface area contributed by atoms with Crippen molar-refractivity contribution in [3.05, 3.63) is 62.9 Å². The Bertz CT molecular complexity index is 1040. The number of fused-ring (bicyclic) bond motifs is 1. The van der Waals surface area contributed by atoms with Crippen LogP contribution in [0.1, 0.15) is 43.1 Å². The van der Waals surface area contributed by atoms with Crippen LogP contribution in [0, 0.1) is 12.7 Å². The maximum atomic E-state index is 13.9. The summed E-state index contributed by atoms with van der Waals surface area (Å²) in [6.07, 6.45) is -0.186. The molecule has 28 heavy (non-hydrogen) atoms. The highest BCUT2D eigenvalue weighted by atomic mass is 79.9. The molecule has 1 aliphatic heterocycles. The number of imide groups is 1. The molecule has 0 saturated carbocycles. The molecule has 3 rings (SSSR count). The van der Waals surface area contributed by atoms with Crippen LogP contribution in [-0.4, -0.2) is 35.1 Å². The Balaban J connectivity index is 1.70. The van der Waals surface area contributed by atoms with Crippen LogP contribution in [0.25, 0.3) is 0 Å². The molecule has 144 valence electrons. The largest absolute Gasteiger partial charge is 0.366 e. The van der Waals surface area contributed by atoms with Crippen LogP contribution >= 0.6 is 15.9 Å². The second-order valence-electron chi connectivity index (χ2n) is 6.24. The molecule has 0 unspecified atom stereocenters. The zero-order valence-corrected chi connectivity index (χ0v) is 16.3. The van der Waals surface area contributed by atoms with E-state index in [1.54, 1.807) is 18.2 Å². The fraction of sp³-hybridized carbons (Fsp3) is 0.158. The second kappa shape index (κ2) is 7.51. The number of rotatable bonds is 5. The second-order valence-corrected chi connectivity index (χ2v) is 7.16. The summed E-state index contributed by atoms with van der Waals surface area (Å²) in [7, 11) is 0. The highest BCUT2D eigenvalue weighted by Gasteiger charge is 2.35. The number of anilines is 1. The first-order valence-corrected chi connectivity index (χ1v) is 9.04. The van der Waals surface area contributed by atoms with Crippen LogP contribution in [-0.2, 0) is 4.79 Å². The van der Waals surface area contributed by atoms with Gasteiger partial charge < -0.3 is 11.1 Å². The summed E-state index contributed by atoms with van der Waals surface area (Å²) >= 11 is 3.25. The van der Waals surface area contributed by atoms with Gasteiger partial charge in [-0.1, -0.05) is 15.9 Å². The van der Waals surface area contributed by atoms with Crippen LogP contribution < -0.4 is 11.1 Å². The molecule has 2 aromatic rings. The van der Waals surface area contributed by atoms with E-state index in [2.05, 4.69) is 21.2 Å². The zero-order valence-electron chi connectivity index (χ0n) is 14.7. The molecule has 9 heteroatoms. The predicted molar refractivity (Wildman–Crippen MR) is 102 cm³/mol. The summed E-state index contributed by atoms with van der Waals surface area (Å²) in [5.41, 5.74) is 5.87. The number of primary amides is 1. The molecule has 0 fully saturated rings. The molecule has 4 amide bonds. The number of hydrogen-bond acceptors (Lipinski definition) is 4.